The van der Waals surface area contributed by atoms with E-state index in [1.54, 1.807) is 23.5 Å². The topological polar surface area (TPSA) is 46.4 Å². The van der Waals surface area contributed by atoms with E-state index in [0.29, 0.717) is 0 Å². The molecule has 0 aliphatic heterocycles. The van der Waals surface area contributed by atoms with Crippen LogP contribution < -0.4 is 0 Å². The summed E-state index contributed by atoms with van der Waals surface area (Å²) in [6.07, 6.45) is 0. The van der Waals surface area contributed by atoms with Gasteiger partial charge < -0.3 is 0 Å². The first kappa shape index (κ1) is 13.7. The Balaban J connectivity index is 2.05. The van der Waals surface area contributed by atoms with Crippen LogP contribution in [0.25, 0.3) is 0 Å². The van der Waals surface area contributed by atoms with Crippen LogP contribution in [-0.2, 0) is 13.1 Å². The highest BCUT2D eigenvalue weighted by Gasteiger charge is 2.09. The van der Waals surface area contributed by atoms with Crippen LogP contribution >= 0.6 is 11.3 Å². The van der Waals surface area contributed by atoms with Crippen molar-refractivity contribution < 1.29 is 4.92 Å². The van der Waals surface area contributed by atoms with Crippen molar-refractivity contribution in [2.75, 3.05) is 6.54 Å². The van der Waals surface area contributed by atoms with Crippen molar-refractivity contribution in [2.45, 2.75) is 20.0 Å². The standard InChI is InChI=1S/C14H16N2O2S/c1-2-15(11-14-7-4-8-19-14)10-12-5-3-6-13(9-12)16(17)18/h3-9H,2,10-11H2,1H3. The van der Waals surface area contributed by atoms with E-state index in [1.165, 1.54) is 10.9 Å². The van der Waals surface area contributed by atoms with Gasteiger partial charge in [-0.1, -0.05) is 25.1 Å². The van der Waals surface area contributed by atoms with E-state index in [-0.39, 0.29) is 10.6 Å². The van der Waals surface area contributed by atoms with E-state index in [9.17, 15) is 10.1 Å². The third-order valence-corrected chi connectivity index (χ3v) is 3.80. The molecule has 19 heavy (non-hydrogen) atoms. The van der Waals surface area contributed by atoms with Crippen LogP contribution in [0.15, 0.2) is 41.8 Å². The van der Waals surface area contributed by atoms with Crippen LogP contribution in [-0.4, -0.2) is 16.4 Å². The van der Waals surface area contributed by atoms with Crippen molar-refractivity contribution in [3.8, 4) is 0 Å². The number of nitro benzene ring substituents is 1. The first-order valence-corrected chi connectivity index (χ1v) is 7.05. The van der Waals surface area contributed by atoms with E-state index < -0.39 is 0 Å². The molecule has 0 spiro atoms. The highest BCUT2D eigenvalue weighted by molar-refractivity contribution is 7.09. The Morgan fingerprint density at radius 1 is 1.26 bits per heavy atom. The average Bonchev–Trinajstić information content (AvgIpc) is 2.91. The van der Waals surface area contributed by atoms with Crippen molar-refractivity contribution in [3.05, 3.63) is 62.3 Å². The number of thiophene rings is 1. The van der Waals surface area contributed by atoms with Crippen LogP contribution in [0.1, 0.15) is 17.4 Å². The van der Waals surface area contributed by atoms with Crippen molar-refractivity contribution in [2.24, 2.45) is 0 Å². The molecule has 2 rings (SSSR count). The Kier molecular flexibility index (Phi) is 4.65. The summed E-state index contributed by atoms with van der Waals surface area (Å²) in [5.74, 6) is 0. The molecule has 100 valence electrons. The fourth-order valence-corrected chi connectivity index (χ4v) is 2.68. The van der Waals surface area contributed by atoms with Crippen molar-refractivity contribution in [3.63, 3.8) is 0 Å². The second kappa shape index (κ2) is 6.45. The van der Waals surface area contributed by atoms with E-state index in [1.807, 2.05) is 12.1 Å². The molecule has 1 heterocycles. The molecule has 0 saturated carbocycles. The molecule has 0 N–H and O–H groups in total. The average molecular weight is 276 g/mol. The zero-order valence-electron chi connectivity index (χ0n) is 10.8. The minimum atomic E-state index is -0.348. The number of nitrogens with zero attached hydrogens (tertiary/aromatic N) is 2. The molecule has 1 aromatic heterocycles. The Morgan fingerprint density at radius 3 is 2.74 bits per heavy atom. The van der Waals surface area contributed by atoms with Gasteiger partial charge in [0, 0.05) is 30.1 Å². The van der Waals surface area contributed by atoms with Gasteiger partial charge in [0.1, 0.15) is 0 Å². The summed E-state index contributed by atoms with van der Waals surface area (Å²) in [5.41, 5.74) is 1.14. The summed E-state index contributed by atoms with van der Waals surface area (Å²) in [4.78, 5) is 14.0. The van der Waals surface area contributed by atoms with Crippen LogP contribution in [0.2, 0.25) is 0 Å². The molecular formula is C14H16N2O2S. The monoisotopic (exact) mass is 276 g/mol. The SMILES string of the molecule is CCN(Cc1cccc([N+](=O)[O-])c1)Cc1cccs1. The second-order valence-electron chi connectivity index (χ2n) is 4.31. The van der Waals surface area contributed by atoms with Crippen LogP contribution in [0.5, 0.6) is 0 Å². The van der Waals surface area contributed by atoms with Gasteiger partial charge in [-0.3, -0.25) is 15.0 Å². The Morgan fingerprint density at radius 2 is 2.11 bits per heavy atom. The zero-order chi connectivity index (χ0) is 13.7. The number of hydrogen-bond donors (Lipinski definition) is 0. The molecular weight excluding hydrogens is 260 g/mol. The molecule has 5 heteroatoms. The largest absolute Gasteiger partial charge is 0.294 e. The lowest BCUT2D eigenvalue weighted by molar-refractivity contribution is -0.384. The number of rotatable bonds is 6. The highest BCUT2D eigenvalue weighted by Crippen LogP contribution is 2.17. The van der Waals surface area contributed by atoms with E-state index >= 15 is 0 Å². The van der Waals surface area contributed by atoms with Gasteiger partial charge in [-0.2, -0.15) is 0 Å². The molecule has 0 aliphatic carbocycles. The number of benzene rings is 1. The van der Waals surface area contributed by atoms with Crippen molar-refractivity contribution >= 4 is 17.0 Å². The van der Waals surface area contributed by atoms with Gasteiger partial charge in [0.2, 0.25) is 0 Å². The molecule has 2 aromatic rings. The Labute approximate surface area is 116 Å². The number of hydrogen-bond acceptors (Lipinski definition) is 4. The van der Waals surface area contributed by atoms with Gasteiger partial charge in [0.15, 0.2) is 0 Å². The zero-order valence-corrected chi connectivity index (χ0v) is 11.6. The molecule has 0 radical (unpaired) electrons. The summed E-state index contributed by atoms with van der Waals surface area (Å²) in [6, 6.07) is 11.0. The predicted molar refractivity (Wildman–Crippen MR) is 77.2 cm³/mol. The molecule has 4 nitrogen and oxygen atoms in total. The molecule has 0 fully saturated rings. The van der Waals surface area contributed by atoms with Crippen LogP contribution in [0.3, 0.4) is 0 Å². The molecule has 0 amide bonds. The fourth-order valence-electron chi connectivity index (χ4n) is 1.93. The third-order valence-electron chi connectivity index (χ3n) is 2.93. The van der Waals surface area contributed by atoms with Gasteiger partial charge in [-0.15, -0.1) is 11.3 Å². The predicted octanol–water partition coefficient (Wildman–Crippen LogP) is 3.68. The first-order valence-electron chi connectivity index (χ1n) is 6.17. The number of non-ortho nitro benzene ring substituents is 1. The van der Waals surface area contributed by atoms with Gasteiger partial charge in [0.25, 0.3) is 5.69 Å². The molecule has 1 aromatic carbocycles. The summed E-state index contributed by atoms with van der Waals surface area (Å²) in [7, 11) is 0. The van der Waals surface area contributed by atoms with E-state index in [0.717, 1.165) is 25.2 Å². The lowest BCUT2D eigenvalue weighted by atomic mass is 10.2. The molecule has 0 unspecified atom stereocenters. The minimum Gasteiger partial charge on any atom is -0.294 e. The quantitative estimate of drug-likeness (QED) is 0.597. The molecule has 0 aliphatic rings. The summed E-state index contributed by atoms with van der Waals surface area (Å²) >= 11 is 1.74. The van der Waals surface area contributed by atoms with Crippen LogP contribution in [0.4, 0.5) is 5.69 Å². The Bertz CT molecular complexity index is 540. The third kappa shape index (κ3) is 3.87. The summed E-state index contributed by atoms with van der Waals surface area (Å²) < 4.78 is 0. The van der Waals surface area contributed by atoms with Gasteiger partial charge in [0.05, 0.1) is 4.92 Å². The molecule has 0 saturated heterocycles. The van der Waals surface area contributed by atoms with Crippen LogP contribution in [0, 0.1) is 10.1 Å². The minimum absolute atomic E-state index is 0.157. The van der Waals surface area contributed by atoms with Crippen molar-refractivity contribution in [1.29, 1.82) is 0 Å². The first-order chi connectivity index (χ1) is 9.19. The maximum absolute atomic E-state index is 10.8. The lowest BCUT2D eigenvalue weighted by Gasteiger charge is -2.19. The highest BCUT2D eigenvalue weighted by atomic mass is 32.1. The summed E-state index contributed by atoms with van der Waals surface area (Å²) in [5, 5.41) is 12.8. The van der Waals surface area contributed by atoms with Crippen molar-refractivity contribution in [1.82, 2.24) is 4.90 Å². The van der Waals surface area contributed by atoms with Gasteiger partial charge in [-0.25, -0.2) is 0 Å². The van der Waals surface area contributed by atoms with E-state index in [4.69, 9.17) is 0 Å². The van der Waals surface area contributed by atoms with E-state index in [2.05, 4.69) is 23.3 Å². The van der Waals surface area contributed by atoms with Gasteiger partial charge >= 0.3 is 0 Å². The van der Waals surface area contributed by atoms with Gasteiger partial charge in [-0.05, 0) is 23.6 Å². The second-order valence-corrected chi connectivity index (χ2v) is 5.34. The smallest absolute Gasteiger partial charge is 0.269 e. The lowest BCUT2D eigenvalue weighted by Crippen LogP contribution is -2.21. The normalized spacial score (nSPS) is 10.8. The fraction of sp³-hybridized carbons (Fsp3) is 0.286. The molecule has 0 atom stereocenters. The maximum atomic E-state index is 10.8. The summed E-state index contributed by atoms with van der Waals surface area (Å²) in [6.45, 7) is 4.64. The maximum Gasteiger partial charge on any atom is 0.269 e. The number of nitro groups is 1. The Hall–Kier alpha value is -1.72. The molecule has 0 bridgehead atoms.